The number of hydrogen-bond donors (Lipinski definition) is 3. The van der Waals surface area contributed by atoms with E-state index in [0.717, 1.165) is 5.56 Å². The molecule has 19 heavy (non-hydrogen) atoms. The normalized spacial score (nSPS) is 12.3. The van der Waals surface area contributed by atoms with Crippen molar-refractivity contribution >= 4 is 5.97 Å². The van der Waals surface area contributed by atoms with Gasteiger partial charge < -0.3 is 15.4 Å². The number of aromatic amines is 1. The minimum Gasteiger partial charge on any atom is -0.480 e. The Bertz CT molecular complexity index is 615. The Morgan fingerprint density at radius 1 is 1.37 bits per heavy atom. The molecule has 2 rings (SSSR count). The maximum Gasteiger partial charge on any atom is 0.320 e. The van der Waals surface area contributed by atoms with Crippen LogP contribution in [-0.4, -0.2) is 22.3 Å². The summed E-state index contributed by atoms with van der Waals surface area (Å²) >= 11 is 0. The number of nitrogens with two attached hydrogens (primary N) is 1. The molecule has 1 atom stereocenters. The summed E-state index contributed by atoms with van der Waals surface area (Å²) < 4.78 is 5.09. The molecular formula is C13H14N2O4. The highest BCUT2D eigenvalue weighted by molar-refractivity contribution is 5.73. The molecule has 0 spiro atoms. The summed E-state index contributed by atoms with van der Waals surface area (Å²) in [5.41, 5.74) is 6.28. The molecule has 6 heteroatoms. The third-order valence-electron chi connectivity index (χ3n) is 2.83. The monoisotopic (exact) mass is 262 g/mol. The van der Waals surface area contributed by atoms with Crippen molar-refractivity contribution < 1.29 is 14.4 Å². The third-order valence-corrected chi connectivity index (χ3v) is 2.83. The van der Waals surface area contributed by atoms with E-state index in [2.05, 4.69) is 5.16 Å². The zero-order valence-electron chi connectivity index (χ0n) is 10.1. The third kappa shape index (κ3) is 3.11. The lowest BCUT2D eigenvalue weighted by atomic mass is 10.0. The smallest absolute Gasteiger partial charge is 0.320 e. The molecule has 0 radical (unpaired) electrons. The number of carbonyl (C=O) groups is 1. The number of aliphatic carboxylic acids is 1. The summed E-state index contributed by atoms with van der Waals surface area (Å²) in [5, 5.41) is 11.0. The Kier molecular flexibility index (Phi) is 3.82. The van der Waals surface area contributed by atoms with Gasteiger partial charge in [0.05, 0.1) is 5.56 Å². The van der Waals surface area contributed by atoms with Gasteiger partial charge in [-0.25, -0.2) is 0 Å². The largest absolute Gasteiger partial charge is 0.480 e. The maximum absolute atomic E-state index is 11.6. The van der Waals surface area contributed by atoms with Crippen LogP contribution in [-0.2, 0) is 17.6 Å². The van der Waals surface area contributed by atoms with Crippen molar-refractivity contribution in [3.63, 3.8) is 0 Å². The molecule has 1 heterocycles. The molecule has 0 unspecified atom stereocenters. The number of carboxylic acid groups (broad SMARTS) is 1. The second kappa shape index (κ2) is 5.53. The summed E-state index contributed by atoms with van der Waals surface area (Å²) in [5.74, 6) is -0.723. The molecule has 2 aromatic rings. The van der Waals surface area contributed by atoms with Crippen LogP contribution in [0.15, 0.2) is 39.6 Å². The molecule has 0 bridgehead atoms. The molecule has 4 N–H and O–H groups in total. The van der Waals surface area contributed by atoms with Crippen LogP contribution >= 0.6 is 0 Å². The van der Waals surface area contributed by atoms with E-state index < -0.39 is 17.6 Å². The average Bonchev–Trinajstić information content (AvgIpc) is 2.72. The summed E-state index contributed by atoms with van der Waals surface area (Å²) in [6.45, 7) is 0. The van der Waals surface area contributed by atoms with Crippen LogP contribution in [0.2, 0.25) is 0 Å². The summed E-state index contributed by atoms with van der Waals surface area (Å²) in [4.78, 5) is 22.3. The highest BCUT2D eigenvalue weighted by Crippen LogP contribution is 2.12. The lowest BCUT2D eigenvalue weighted by molar-refractivity contribution is -0.138. The van der Waals surface area contributed by atoms with Crippen molar-refractivity contribution in [3.8, 4) is 0 Å². The van der Waals surface area contributed by atoms with Gasteiger partial charge in [-0.1, -0.05) is 30.3 Å². The van der Waals surface area contributed by atoms with Crippen molar-refractivity contribution in [1.82, 2.24) is 5.16 Å². The maximum atomic E-state index is 11.6. The van der Waals surface area contributed by atoms with Gasteiger partial charge in [-0.05, 0) is 5.56 Å². The molecule has 6 nitrogen and oxygen atoms in total. The van der Waals surface area contributed by atoms with E-state index in [9.17, 15) is 9.59 Å². The second-order valence-electron chi connectivity index (χ2n) is 4.25. The molecule has 1 aromatic carbocycles. The van der Waals surface area contributed by atoms with Gasteiger partial charge in [0.25, 0.3) is 5.56 Å². The van der Waals surface area contributed by atoms with E-state index >= 15 is 0 Å². The molecule has 0 saturated heterocycles. The van der Waals surface area contributed by atoms with Crippen molar-refractivity contribution in [2.45, 2.75) is 18.9 Å². The first-order valence-electron chi connectivity index (χ1n) is 5.79. The van der Waals surface area contributed by atoms with Crippen LogP contribution in [0.4, 0.5) is 0 Å². The lowest BCUT2D eigenvalue weighted by Gasteiger charge is -2.05. The Morgan fingerprint density at radius 2 is 2.05 bits per heavy atom. The minimum atomic E-state index is -1.15. The minimum absolute atomic E-state index is 0.0522. The topological polar surface area (TPSA) is 109 Å². The zero-order valence-corrected chi connectivity index (χ0v) is 10.1. The average molecular weight is 262 g/mol. The number of rotatable bonds is 5. The zero-order chi connectivity index (χ0) is 13.8. The van der Waals surface area contributed by atoms with Gasteiger partial charge in [0, 0.05) is 12.8 Å². The molecule has 0 aliphatic carbocycles. The number of H-pyrrole nitrogens is 1. The first kappa shape index (κ1) is 13.1. The molecular weight excluding hydrogens is 248 g/mol. The second-order valence-corrected chi connectivity index (χ2v) is 4.25. The standard InChI is InChI=1S/C13H14N2O4/c14-10(13(17)18)7-9-11(19-15-12(9)16)6-8-4-2-1-3-5-8/h1-5,10H,6-7,14H2,(H,15,16)(H,17,18)/t10-/m1/s1. The fourth-order valence-electron chi connectivity index (χ4n) is 1.80. The van der Waals surface area contributed by atoms with E-state index in [4.69, 9.17) is 15.4 Å². The highest BCUT2D eigenvalue weighted by atomic mass is 16.5. The SMILES string of the molecule is N[C@H](Cc1c(Cc2ccccc2)o[nH]c1=O)C(=O)O. The fraction of sp³-hybridized carbons (Fsp3) is 0.231. The van der Waals surface area contributed by atoms with Crippen LogP contribution in [0.1, 0.15) is 16.9 Å². The first-order chi connectivity index (χ1) is 9.08. The van der Waals surface area contributed by atoms with E-state index in [1.807, 2.05) is 30.3 Å². The van der Waals surface area contributed by atoms with Crippen LogP contribution in [0.25, 0.3) is 0 Å². The van der Waals surface area contributed by atoms with E-state index in [1.54, 1.807) is 0 Å². The van der Waals surface area contributed by atoms with Gasteiger partial charge in [-0.3, -0.25) is 9.59 Å². The summed E-state index contributed by atoms with van der Waals surface area (Å²) in [6, 6.07) is 8.32. The van der Waals surface area contributed by atoms with Gasteiger partial charge in [-0.2, -0.15) is 5.16 Å². The van der Waals surface area contributed by atoms with Gasteiger partial charge in [0.2, 0.25) is 0 Å². The molecule has 1 aromatic heterocycles. The molecule has 0 amide bonds. The van der Waals surface area contributed by atoms with Crippen molar-refractivity contribution in [2.75, 3.05) is 0 Å². The highest BCUT2D eigenvalue weighted by Gasteiger charge is 2.20. The predicted molar refractivity (Wildman–Crippen MR) is 67.9 cm³/mol. The van der Waals surface area contributed by atoms with Crippen LogP contribution in [0.3, 0.4) is 0 Å². The van der Waals surface area contributed by atoms with E-state index in [-0.39, 0.29) is 6.42 Å². The number of aromatic nitrogens is 1. The quantitative estimate of drug-likeness (QED) is 0.727. The van der Waals surface area contributed by atoms with Crippen LogP contribution in [0, 0.1) is 0 Å². The molecule has 0 saturated carbocycles. The fourth-order valence-corrected chi connectivity index (χ4v) is 1.80. The van der Waals surface area contributed by atoms with Crippen LogP contribution in [0.5, 0.6) is 0 Å². The predicted octanol–water partition coefficient (Wildman–Crippen LogP) is 0.513. The van der Waals surface area contributed by atoms with E-state index in [1.165, 1.54) is 0 Å². The Morgan fingerprint density at radius 3 is 2.68 bits per heavy atom. The van der Waals surface area contributed by atoms with Gasteiger partial charge in [-0.15, -0.1) is 0 Å². The Balaban J connectivity index is 2.23. The Hall–Kier alpha value is -2.34. The van der Waals surface area contributed by atoms with Gasteiger partial charge in [0.15, 0.2) is 0 Å². The van der Waals surface area contributed by atoms with Gasteiger partial charge in [0.1, 0.15) is 11.8 Å². The van der Waals surface area contributed by atoms with Gasteiger partial charge >= 0.3 is 5.97 Å². The number of nitrogens with one attached hydrogen (secondary N) is 1. The first-order valence-corrected chi connectivity index (χ1v) is 5.79. The molecule has 0 aliphatic heterocycles. The molecule has 0 fully saturated rings. The van der Waals surface area contributed by atoms with Crippen molar-refractivity contribution in [3.05, 3.63) is 57.6 Å². The summed E-state index contributed by atoms with van der Waals surface area (Å²) in [6.07, 6.45) is 0.366. The number of carboxylic acids is 1. The van der Waals surface area contributed by atoms with Crippen molar-refractivity contribution in [1.29, 1.82) is 0 Å². The summed E-state index contributed by atoms with van der Waals surface area (Å²) in [7, 11) is 0. The van der Waals surface area contributed by atoms with Crippen molar-refractivity contribution in [2.24, 2.45) is 5.73 Å². The lowest BCUT2D eigenvalue weighted by Crippen LogP contribution is -2.34. The number of benzene rings is 1. The van der Waals surface area contributed by atoms with E-state index in [0.29, 0.717) is 17.7 Å². The van der Waals surface area contributed by atoms with Crippen LogP contribution < -0.4 is 11.3 Å². The molecule has 0 aliphatic rings. The molecule has 100 valence electrons. The number of hydrogen-bond acceptors (Lipinski definition) is 4. The Labute approximate surface area is 108 Å².